The zero-order valence-electron chi connectivity index (χ0n) is 13.8. The van der Waals surface area contributed by atoms with Crippen molar-refractivity contribution in [2.24, 2.45) is 0 Å². The summed E-state index contributed by atoms with van der Waals surface area (Å²) in [4.78, 5) is 21.5. The predicted molar refractivity (Wildman–Crippen MR) is 87.7 cm³/mol. The van der Waals surface area contributed by atoms with Gasteiger partial charge in [-0.05, 0) is 18.2 Å². The van der Waals surface area contributed by atoms with Gasteiger partial charge in [0.05, 0.1) is 28.8 Å². The Balaban J connectivity index is 1.73. The second-order valence-corrected chi connectivity index (χ2v) is 5.99. The van der Waals surface area contributed by atoms with Crippen LogP contribution in [0.5, 0.6) is 0 Å². The van der Waals surface area contributed by atoms with E-state index in [0.29, 0.717) is 17.6 Å². The van der Waals surface area contributed by atoms with Crippen LogP contribution in [0.15, 0.2) is 36.8 Å². The van der Waals surface area contributed by atoms with Crippen molar-refractivity contribution in [3.63, 3.8) is 0 Å². The molecule has 0 aliphatic carbocycles. The van der Waals surface area contributed by atoms with Gasteiger partial charge in [-0.3, -0.25) is 9.78 Å². The summed E-state index contributed by atoms with van der Waals surface area (Å²) >= 11 is 0. The summed E-state index contributed by atoms with van der Waals surface area (Å²) < 4.78 is 39.1. The molecule has 0 aromatic carbocycles. The molecule has 0 saturated carbocycles. The lowest BCUT2D eigenvalue weighted by Gasteiger charge is -2.18. The summed E-state index contributed by atoms with van der Waals surface area (Å²) in [7, 11) is 0. The number of carbonyl (C=O) groups excluding carboxylic acids is 1. The number of nitrogens with zero attached hydrogens (tertiary/aromatic N) is 4. The van der Waals surface area contributed by atoms with Crippen LogP contribution in [0.4, 0.5) is 19.0 Å². The summed E-state index contributed by atoms with van der Waals surface area (Å²) in [6.45, 7) is 0.310. The second kappa shape index (κ2) is 7.20. The van der Waals surface area contributed by atoms with Crippen molar-refractivity contribution in [3.8, 4) is 6.07 Å². The van der Waals surface area contributed by atoms with E-state index in [1.807, 2.05) is 6.07 Å². The smallest absolute Gasteiger partial charge is 0.389 e. The number of carbonyl (C=O) groups is 1. The summed E-state index contributed by atoms with van der Waals surface area (Å²) in [5, 5.41) is 21.4. The van der Waals surface area contributed by atoms with Crippen molar-refractivity contribution in [1.29, 1.82) is 5.26 Å². The van der Waals surface area contributed by atoms with E-state index < -0.39 is 35.4 Å². The van der Waals surface area contributed by atoms with Crippen LogP contribution >= 0.6 is 0 Å². The van der Waals surface area contributed by atoms with Crippen molar-refractivity contribution in [2.45, 2.75) is 18.3 Å². The van der Waals surface area contributed by atoms with Gasteiger partial charge >= 0.3 is 6.18 Å². The molecule has 0 unspecified atom stereocenters. The van der Waals surface area contributed by atoms with E-state index >= 15 is 0 Å². The molecule has 3 heterocycles. The molecule has 1 fully saturated rings. The number of amides is 1. The van der Waals surface area contributed by atoms with Gasteiger partial charge in [0, 0.05) is 31.7 Å². The lowest BCUT2D eigenvalue weighted by Crippen LogP contribution is -2.43. The Morgan fingerprint density at radius 3 is 2.70 bits per heavy atom. The number of alkyl halides is 3. The van der Waals surface area contributed by atoms with Gasteiger partial charge in [0.15, 0.2) is 0 Å². The number of aliphatic hydroxyl groups excluding tert-OH is 1. The maximum absolute atomic E-state index is 13.0. The number of hydrogen-bond donors (Lipinski definition) is 2. The molecule has 140 valence electrons. The molecule has 0 spiro atoms. The number of hydrogen-bond acceptors (Lipinski definition) is 6. The van der Waals surface area contributed by atoms with Gasteiger partial charge in [0.1, 0.15) is 11.9 Å². The van der Waals surface area contributed by atoms with Crippen molar-refractivity contribution in [3.05, 3.63) is 53.5 Å². The van der Waals surface area contributed by atoms with Crippen LogP contribution in [0.1, 0.15) is 21.5 Å². The van der Waals surface area contributed by atoms with E-state index in [4.69, 9.17) is 5.26 Å². The Bertz CT molecular complexity index is 879. The molecule has 1 aliphatic heterocycles. The fraction of sp³-hybridized carbons (Fsp3) is 0.294. The minimum Gasteiger partial charge on any atom is -0.389 e. The average Bonchev–Trinajstić information content (AvgIpc) is 3.01. The highest BCUT2D eigenvalue weighted by molar-refractivity contribution is 5.96. The monoisotopic (exact) mass is 377 g/mol. The van der Waals surface area contributed by atoms with Crippen molar-refractivity contribution in [1.82, 2.24) is 15.3 Å². The highest BCUT2D eigenvalue weighted by Gasteiger charge is 2.38. The Labute approximate surface area is 152 Å². The molecule has 2 aromatic heterocycles. The van der Waals surface area contributed by atoms with E-state index in [1.165, 1.54) is 6.20 Å². The first-order valence-electron chi connectivity index (χ1n) is 7.91. The molecule has 1 aliphatic rings. The molecular formula is C17H14F3N5O2. The SMILES string of the molecule is N#Cc1ccc(N2C[C@@H](O)[C@@H](NC(=O)c3ccncc3C(F)(F)F)C2)nc1. The van der Waals surface area contributed by atoms with Crippen LogP contribution in [0.2, 0.25) is 0 Å². The minimum atomic E-state index is -4.71. The number of pyridine rings is 2. The van der Waals surface area contributed by atoms with Crippen LogP contribution < -0.4 is 10.2 Å². The molecule has 3 rings (SSSR count). The van der Waals surface area contributed by atoms with Gasteiger partial charge in [-0.2, -0.15) is 18.4 Å². The van der Waals surface area contributed by atoms with Gasteiger partial charge in [-0.1, -0.05) is 0 Å². The Morgan fingerprint density at radius 2 is 2.07 bits per heavy atom. The summed E-state index contributed by atoms with van der Waals surface area (Å²) in [5.41, 5.74) is -1.32. The van der Waals surface area contributed by atoms with Gasteiger partial charge in [0.2, 0.25) is 0 Å². The minimum absolute atomic E-state index is 0.145. The third kappa shape index (κ3) is 3.98. The molecular weight excluding hydrogens is 363 g/mol. The third-order valence-electron chi connectivity index (χ3n) is 4.18. The van der Waals surface area contributed by atoms with Crippen LogP contribution in [0, 0.1) is 11.3 Å². The number of nitriles is 1. The highest BCUT2D eigenvalue weighted by atomic mass is 19.4. The molecule has 10 heteroatoms. The number of halogens is 3. The normalized spacial score (nSPS) is 19.6. The van der Waals surface area contributed by atoms with Crippen LogP contribution in [-0.4, -0.2) is 46.2 Å². The molecule has 0 radical (unpaired) electrons. The molecule has 2 atom stereocenters. The van der Waals surface area contributed by atoms with E-state index in [9.17, 15) is 23.1 Å². The molecule has 0 bridgehead atoms. The number of nitrogens with one attached hydrogen (secondary N) is 1. The Kier molecular flexibility index (Phi) is 4.96. The lowest BCUT2D eigenvalue weighted by molar-refractivity contribution is -0.138. The average molecular weight is 377 g/mol. The second-order valence-electron chi connectivity index (χ2n) is 5.99. The number of aromatic nitrogens is 2. The highest BCUT2D eigenvalue weighted by Crippen LogP contribution is 2.31. The molecule has 2 aromatic rings. The lowest BCUT2D eigenvalue weighted by atomic mass is 10.1. The van der Waals surface area contributed by atoms with Crippen molar-refractivity contribution >= 4 is 11.7 Å². The summed E-state index contributed by atoms with van der Waals surface area (Å²) in [6, 6.07) is 5.31. The molecule has 27 heavy (non-hydrogen) atoms. The number of rotatable bonds is 3. The standard InChI is InChI=1S/C17H14F3N5O2/c18-17(19,20)12-7-22-4-3-11(12)16(27)24-13-8-25(9-14(13)26)15-2-1-10(5-21)6-23-15/h1-4,6-7,13-14,26H,8-9H2,(H,24,27)/t13-,14+/m0/s1. The predicted octanol–water partition coefficient (Wildman–Crippen LogP) is 1.35. The van der Waals surface area contributed by atoms with Crippen molar-refractivity contribution in [2.75, 3.05) is 18.0 Å². The quantitative estimate of drug-likeness (QED) is 0.837. The van der Waals surface area contributed by atoms with Crippen LogP contribution in [0.3, 0.4) is 0 Å². The first-order valence-corrected chi connectivity index (χ1v) is 7.91. The largest absolute Gasteiger partial charge is 0.418 e. The van der Waals surface area contributed by atoms with Gasteiger partial charge < -0.3 is 15.3 Å². The van der Waals surface area contributed by atoms with Gasteiger partial charge in [-0.15, -0.1) is 0 Å². The number of β-amino-alcohol motifs (C(OH)–C–C–N with tert-alkyl or cyclic N) is 1. The van der Waals surface area contributed by atoms with E-state index in [2.05, 4.69) is 15.3 Å². The Hall–Kier alpha value is -3.19. The fourth-order valence-corrected chi connectivity index (χ4v) is 2.82. The zero-order valence-corrected chi connectivity index (χ0v) is 13.8. The number of aliphatic hydroxyl groups is 1. The third-order valence-corrected chi connectivity index (χ3v) is 4.18. The molecule has 1 saturated heterocycles. The summed E-state index contributed by atoms with van der Waals surface area (Å²) in [5.74, 6) is -0.451. The summed E-state index contributed by atoms with van der Waals surface area (Å²) in [6.07, 6.45) is -2.63. The fourth-order valence-electron chi connectivity index (χ4n) is 2.82. The van der Waals surface area contributed by atoms with Gasteiger partial charge in [-0.25, -0.2) is 4.98 Å². The first kappa shape index (κ1) is 18.6. The van der Waals surface area contributed by atoms with E-state index in [-0.39, 0.29) is 13.1 Å². The topological polar surface area (TPSA) is 102 Å². The van der Waals surface area contributed by atoms with E-state index in [1.54, 1.807) is 17.0 Å². The Morgan fingerprint density at radius 1 is 1.30 bits per heavy atom. The number of anilines is 1. The molecule has 1 amide bonds. The van der Waals surface area contributed by atoms with Crippen molar-refractivity contribution < 1.29 is 23.1 Å². The van der Waals surface area contributed by atoms with Gasteiger partial charge in [0.25, 0.3) is 5.91 Å². The molecule has 7 nitrogen and oxygen atoms in total. The van der Waals surface area contributed by atoms with E-state index in [0.717, 1.165) is 12.3 Å². The maximum Gasteiger partial charge on any atom is 0.418 e. The molecule has 2 N–H and O–H groups in total. The zero-order chi connectivity index (χ0) is 19.6. The maximum atomic E-state index is 13.0. The van der Waals surface area contributed by atoms with Crippen LogP contribution in [-0.2, 0) is 6.18 Å². The van der Waals surface area contributed by atoms with Crippen LogP contribution in [0.25, 0.3) is 0 Å². The first-order chi connectivity index (χ1) is 12.8.